The summed E-state index contributed by atoms with van der Waals surface area (Å²) in [5.74, 6) is -0.674. The number of oxime groups is 1. The lowest BCUT2D eigenvalue weighted by atomic mass is 10.00. The molecule has 2 aromatic rings. The largest absolute Gasteiger partial charge is 0.373 e. The number of anilines is 2. The lowest BCUT2D eigenvalue weighted by Gasteiger charge is -2.19. The predicted molar refractivity (Wildman–Crippen MR) is 133 cm³/mol. The molecule has 0 amide bonds. The van der Waals surface area contributed by atoms with Crippen LogP contribution in [0.1, 0.15) is 18.1 Å². The summed E-state index contributed by atoms with van der Waals surface area (Å²) in [6.07, 6.45) is 2.76. The van der Waals surface area contributed by atoms with Crippen LogP contribution in [-0.2, 0) is 29.7 Å². The first kappa shape index (κ1) is 25.4. The highest BCUT2D eigenvalue weighted by molar-refractivity contribution is 7.92. The molecule has 2 N–H and O–H groups in total. The lowest BCUT2D eigenvalue weighted by molar-refractivity contribution is -0.136. The van der Waals surface area contributed by atoms with Crippen LogP contribution in [0.15, 0.2) is 59.3 Å². The van der Waals surface area contributed by atoms with Gasteiger partial charge in [0.15, 0.2) is 0 Å². The normalized spacial score (nSPS) is 15.2. The second kappa shape index (κ2) is 10.4. The number of sulfonamides is 2. The Morgan fingerprint density at radius 2 is 1.79 bits per heavy atom. The number of nitrogens with one attached hydrogen (secondary N) is 2. The molecule has 12 heteroatoms. The number of rotatable bonds is 10. The van der Waals surface area contributed by atoms with E-state index in [1.165, 1.54) is 6.92 Å². The van der Waals surface area contributed by atoms with Gasteiger partial charge in [-0.15, -0.1) is 0 Å². The number of hydrogen-bond donors (Lipinski definition) is 2. The molecule has 0 aromatic heterocycles. The third-order valence-electron chi connectivity index (χ3n) is 4.94. The maximum absolute atomic E-state index is 12.3. The Kier molecular flexibility index (Phi) is 7.75. The van der Waals surface area contributed by atoms with Crippen molar-refractivity contribution >= 4 is 49.2 Å². The summed E-state index contributed by atoms with van der Waals surface area (Å²) < 4.78 is 51.1. The van der Waals surface area contributed by atoms with E-state index in [-0.39, 0.29) is 17.9 Å². The first-order valence-corrected chi connectivity index (χ1v) is 13.9. The molecule has 34 heavy (non-hydrogen) atoms. The fourth-order valence-electron chi connectivity index (χ4n) is 3.12. The van der Waals surface area contributed by atoms with Gasteiger partial charge in [0, 0.05) is 37.1 Å². The number of carbonyl (C=O) groups excluding carboxylic acids is 1. The number of nitrogens with zero attached hydrogens (tertiary/aromatic N) is 2. The fourth-order valence-corrected chi connectivity index (χ4v) is 4.21. The van der Waals surface area contributed by atoms with Crippen molar-refractivity contribution < 1.29 is 26.5 Å². The number of likely N-dealkylation sites (N-methyl/N-ethyl adjacent to an activating group) is 1. The van der Waals surface area contributed by atoms with Gasteiger partial charge in [0.05, 0.1) is 17.6 Å². The fraction of sp³-hybridized carbons (Fsp3) is 0.273. The zero-order valence-corrected chi connectivity index (χ0v) is 20.6. The Bertz CT molecular complexity index is 1330. The highest BCUT2D eigenvalue weighted by Gasteiger charge is 2.27. The molecular formula is C22H26N4O6S2. The van der Waals surface area contributed by atoms with Gasteiger partial charge in [-0.05, 0) is 42.8 Å². The summed E-state index contributed by atoms with van der Waals surface area (Å²) in [5, 5.41) is 3.88. The molecule has 182 valence electrons. The van der Waals surface area contributed by atoms with Gasteiger partial charge in [0.25, 0.3) is 0 Å². The molecule has 1 heterocycles. The van der Waals surface area contributed by atoms with E-state index in [0.29, 0.717) is 23.5 Å². The molecule has 1 aliphatic rings. The van der Waals surface area contributed by atoms with Crippen molar-refractivity contribution in [1.82, 2.24) is 4.72 Å². The van der Waals surface area contributed by atoms with E-state index >= 15 is 0 Å². The molecule has 0 spiro atoms. The molecule has 0 aliphatic carbocycles. The van der Waals surface area contributed by atoms with Gasteiger partial charge in [0.2, 0.25) is 20.0 Å². The third kappa shape index (κ3) is 6.89. The van der Waals surface area contributed by atoms with Crippen molar-refractivity contribution in [2.45, 2.75) is 6.92 Å². The minimum Gasteiger partial charge on any atom is -0.373 e. The quantitative estimate of drug-likeness (QED) is 0.370. The Morgan fingerprint density at radius 3 is 2.44 bits per heavy atom. The smallest absolute Gasteiger partial charge is 0.368 e. The molecule has 3 rings (SSSR count). The maximum Gasteiger partial charge on any atom is 0.368 e. The van der Waals surface area contributed by atoms with Crippen molar-refractivity contribution in [3.63, 3.8) is 0 Å². The van der Waals surface area contributed by atoms with E-state index in [0.717, 1.165) is 17.5 Å². The highest BCUT2D eigenvalue weighted by Crippen LogP contribution is 2.24. The van der Waals surface area contributed by atoms with Crippen LogP contribution in [-0.4, -0.2) is 60.7 Å². The number of carbonyl (C=O) groups is 1. The van der Waals surface area contributed by atoms with Crippen LogP contribution in [0.3, 0.4) is 0 Å². The molecule has 0 fully saturated rings. The van der Waals surface area contributed by atoms with Crippen molar-refractivity contribution in [2.24, 2.45) is 5.16 Å². The van der Waals surface area contributed by atoms with E-state index in [2.05, 4.69) is 14.6 Å². The van der Waals surface area contributed by atoms with Crippen molar-refractivity contribution in [1.29, 1.82) is 0 Å². The highest BCUT2D eigenvalue weighted by atomic mass is 32.2. The van der Waals surface area contributed by atoms with E-state index in [4.69, 9.17) is 4.84 Å². The molecule has 0 saturated carbocycles. The lowest BCUT2D eigenvalue weighted by Crippen LogP contribution is -2.32. The number of benzene rings is 2. The molecule has 2 aromatic carbocycles. The minimum absolute atomic E-state index is 0.0652. The summed E-state index contributed by atoms with van der Waals surface area (Å²) in [5.41, 5.74) is 3.04. The second-order valence-electron chi connectivity index (χ2n) is 7.64. The van der Waals surface area contributed by atoms with E-state index in [1.54, 1.807) is 30.3 Å². The average Bonchev–Trinajstić information content (AvgIpc) is 3.13. The number of hydrogen-bond acceptors (Lipinski definition) is 8. The Balaban J connectivity index is 1.77. The van der Waals surface area contributed by atoms with Gasteiger partial charge in [0.1, 0.15) is 5.71 Å². The van der Waals surface area contributed by atoms with Gasteiger partial charge >= 0.3 is 5.97 Å². The van der Waals surface area contributed by atoms with Crippen LogP contribution in [0.2, 0.25) is 0 Å². The molecule has 0 radical (unpaired) electrons. The van der Waals surface area contributed by atoms with E-state index < -0.39 is 26.0 Å². The predicted octanol–water partition coefficient (Wildman–Crippen LogP) is 1.78. The van der Waals surface area contributed by atoms with Crippen molar-refractivity contribution in [3.05, 3.63) is 65.2 Å². The Morgan fingerprint density at radius 1 is 1.09 bits per heavy atom. The molecule has 0 unspecified atom stereocenters. The molecule has 0 saturated heterocycles. The molecule has 0 bridgehead atoms. The summed E-state index contributed by atoms with van der Waals surface area (Å²) in [7, 11) is -4.85. The van der Waals surface area contributed by atoms with Gasteiger partial charge in [-0.2, -0.15) is 0 Å². The molecular weight excluding hydrogens is 480 g/mol. The minimum atomic E-state index is -3.45. The standard InChI is InChI=1S/C22H26N4O6S2/c1-4-34(30,31)25-18-7-5-6-17(15-18)21-20(22(27)32-24-21)14-16-8-10-19(11-9-16)26(2)13-12-23-33(3,28)29/h5-11,14-15,23,25H,4,12-13H2,1-3H3. The van der Waals surface area contributed by atoms with Gasteiger partial charge in [-0.25, -0.2) is 26.4 Å². The van der Waals surface area contributed by atoms with Crippen LogP contribution in [0, 0.1) is 0 Å². The summed E-state index contributed by atoms with van der Waals surface area (Å²) in [6.45, 7) is 2.30. The summed E-state index contributed by atoms with van der Waals surface area (Å²) in [6, 6.07) is 13.9. The molecule has 10 nitrogen and oxygen atoms in total. The second-order valence-corrected chi connectivity index (χ2v) is 11.5. The topological polar surface area (TPSA) is 134 Å². The zero-order chi connectivity index (χ0) is 24.9. The van der Waals surface area contributed by atoms with Gasteiger partial charge < -0.3 is 9.74 Å². The van der Waals surface area contributed by atoms with Crippen LogP contribution in [0.4, 0.5) is 11.4 Å². The Labute approximate surface area is 199 Å². The van der Waals surface area contributed by atoms with Crippen molar-refractivity contribution in [2.75, 3.05) is 41.8 Å². The van der Waals surface area contributed by atoms with Crippen LogP contribution in [0.5, 0.6) is 0 Å². The zero-order valence-electron chi connectivity index (χ0n) is 19.0. The summed E-state index contributed by atoms with van der Waals surface area (Å²) >= 11 is 0. The SMILES string of the molecule is CCS(=O)(=O)Nc1cccc(C2=NOC(=O)C2=Cc2ccc(N(C)CCNS(C)(=O)=O)cc2)c1. The molecule has 1 aliphatic heterocycles. The third-order valence-corrected chi connectivity index (χ3v) is 6.98. The van der Waals surface area contributed by atoms with E-state index in [9.17, 15) is 21.6 Å². The van der Waals surface area contributed by atoms with Crippen LogP contribution < -0.4 is 14.3 Å². The van der Waals surface area contributed by atoms with Gasteiger partial charge in [-0.3, -0.25) is 4.72 Å². The molecule has 0 atom stereocenters. The first-order valence-electron chi connectivity index (χ1n) is 10.4. The average molecular weight is 507 g/mol. The van der Waals surface area contributed by atoms with E-state index in [1.807, 2.05) is 36.2 Å². The maximum atomic E-state index is 12.3. The monoisotopic (exact) mass is 506 g/mol. The van der Waals surface area contributed by atoms with Crippen molar-refractivity contribution in [3.8, 4) is 0 Å². The van der Waals surface area contributed by atoms with Gasteiger partial charge in [-0.1, -0.05) is 29.4 Å². The first-order chi connectivity index (χ1) is 16.0. The Hall–Kier alpha value is -3.22. The van der Waals surface area contributed by atoms with Crippen LogP contribution >= 0.6 is 0 Å². The van der Waals surface area contributed by atoms with Crippen LogP contribution in [0.25, 0.3) is 6.08 Å². The summed E-state index contributed by atoms with van der Waals surface area (Å²) in [4.78, 5) is 19.1.